The number of anilines is 1. The third-order valence-corrected chi connectivity index (χ3v) is 8.53. The van der Waals surface area contributed by atoms with Crippen molar-refractivity contribution in [1.29, 1.82) is 0 Å². The molecule has 0 bridgehead atoms. The Morgan fingerprint density at radius 1 is 0.968 bits per heavy atom. The van der Waals surface area contributed by atoms with E-state index >= 15 is 0 Å². The first-order chi connectivity index (χ1) is 15.0. The van der Waals surface area contributed by atoms with Gasteiger partial charge in [-0.1, -0.05) is 6.42 Å². The smallest absolute Gasteiger partial charge is 0.243 e. The lowest BCUT2D eigenvalue weighted by Crippen LogP contribution is -2.43. The third kappa shape index (κ3) is 4.41. The maximum absolute atomic E-state index is 13.0. The number of carbonyl (C=O) groups excluding carboxylic acids is 1. The van der Waals surface area contributed by atoms with Gasteiger partial charge in [0.05, 0.1) is 16.3 Å². The first-order valence-electron chi connectivity index (χ1n) is 11.5. The minimum Gasteiger partial charge on any atom is -0.356 e. The van der Waals surface area contributed by atoms with Crippen molar-refractivity contribution in [3.8, 4) is 0 Å². The molecular formula is C23H30N4O3S. The average molecular weight is 443 g/mol. The van der Waals surface area contributed by atoms with Gasteiger partial charge in [0.2, 0.25) is 15.9 Å². The van der Waals surface area contributed by atoms with Gasteiger partial charge in [0.15, 0.2) is 0 Å². The van der Waals surface area contributed by atoms with Crippen molar-refractivity contribution >= 4 is 32.7 Å². The maximum Gasteiger partial charge on any atom is 0.243 e. The third-order valence-electron chi connectivity index (χ3n) is 6.64. The molecule has 1 saturated carbocycles. The van der Waals surface area contributed by atoms with Crippen LogP contribution in [0.1, 0.15) is 44.9 Å². The van der Waals surface area contributed by atoms with Gasteiger partial charge < -0.3 is 10.2 Å². The molecular weight excluding hydrogens is 412 g/mol. The number of benzene rings is 1. The summed E-state index contributed by atoms with van der Waals surface area (Å²) in [7, 11) is -3.46. The Hall–Kier alpha value is -2.19. The number of fused-ring (bicyclic) bond motifs is 1. The van der Waals surface area contributed by atoms with Crippen molar-refractivity contribution in [1.82, 2.24) is 14.6 Å². The average Bonchev–Trinajstić information content (AvgIpc) is 3.63. The molecule has 3 heterocycles. The lowest BCUT2D eigenvalue weighted by atomic mass is 9.97. The van der Waals surface area contributed by atoms with Crippen molar-refractivity contribution in [2.45, 2.75) is 55.9 Å². The van der Waals surface area contributed by atoms with Crippen molar-refractivity contribution in [3.05, 3.63) is 30.3 Å². The minimum atomic E-state index is -3.46. The van der Waals surface area contributed by atoms with Crippen LogP contribution in [0.15, 0.2) is 35.2 Å². The van der Waals surface area contributed by atoms with Crippen LogP contribution in [-0.2, 0) is 14.8 Å². The summed E-state index contributed by atoms with van der Waals surface area (Å²) in [5.74, 6) is 1.02. The molecule has 5 rings (SSSR count). The van der Waals surface area contributed by atoms with Gasteiger partial charge in [-0.2, -0.15) is 4.31 Å². The molecule has 2 saturated heterocycles. The summed E-state index contributed by atoms with van der Waals surface area (Å²) in [5.41, 5.74) is 0.777. The van der Waals surface area contributed by atoms with Crippen molar-refractivity contribution < 1.29 is 13.2 Å². The van der Waals surface area contributed by atoms with E-state index in [4.69, 9.17) is 4.98 Å². The van der Waals surface area contributed by atoms with Gasteiger partial charge in [-0.25, -0.2) is 13.4 Å². The fourth-order valence-electron chi connectivity index (χ4n) is 4.63. The fraction of sp³-hybridized carbons (Fsp3) is 0.565. The van der Waals surface area contributed by atoms with Crippen molar-refractivity contribution in [2.24, 2.45) is 5.92 Å². The number of nitrogens with zero attached hydrogens (tertiary/aromatic N) is 3. The van der Waals surface area contributed by atoms with E-state index in [1.54, 1.807) is 22.5 Å². The van der Waals surface area contributed by atoms with Crippen LogP contribution in [0.3, 0.4) is 0 Å². The summed E-state index contributed by atoms with van der Waals surface area (Å²) in [4.78, 5) is 19.8. The van der Waals surface area contributed by atoms with E-state index in [1.165, 1.54) is 0 Å². The number of hydrogen-bond donors (Lipinski definition) is 1. The SMILES string of the molecule is O=C(NC1CC1)C1CCCN(c2ccc3cc(S(=O)(=O)N4CCCCC4)ccc3n2)C1. The number of nitrogens with one attached hydrogen (secondary N) is 1. The molecule has 1 aromatic carbocycles. The molecule has 3 aliphatic rings. The van der Waals surface area contributed by atoms with Gasteiger partial charge in [0.1, 0.15) is 5.82 Å². The topological polar surface area (TPSA) is 82.6 Å². The highest BCUT2D eigenvalue weighted by Crippen LogP contribution is 2.28. The molecule has 1 amide bonds. The lowest BCUT2D eigenvalue weighted by molar-refractivity contribution is -0.125. The quantitative estimate of drug-likeness (QED) is 0.770. The second-order valence-corrected chi connectivity index (χ2v) is 11.0. The molecule has 31 heavy (non-hydrogen) atoms. The van der Waals surface area contributed by atoms with E-state index in [9.17, 15) is 13.2 Å². The summed E-state index contributed by atoms with van der Waals surface area (Å²) < 4.78 is 27.6. The van der Waals surface area contributed by atoms with E-state index in [0.29, 0.717) is 30.6 Å². The predicted molar refractivity (Wildman–Crippen MR) is 120 cm³/mol. The highest BCUT2D eigenvalue weighted by atomic mass is 32.2. The summed E-state index contributed by atoms with van der Waals surface area (Å²) in [6.07, 6.45) is 7.03. The normalized spacial score (nSPS) is 23.1. The predicted octanol–water partition coefficient (Wildman–Crippen LogP) is 2.90. The Kier molecular flexibility index (Phi) is 5.60. The van der Waals surface area contributed by atoms with E-state index in [0.717, 1.165) is 68.2 Å². The monoisotopic (exact) mass is 442 g/mol. The van der Waals surface area contributed by atoms with Gasteiger partial charge >= 0.3 is 0 Å². The largest absolute Gasteiger partial charge is 0.356 e. The van der Waals surface area contributed by atoms with Crippen LogP contribution < -0.4 is 10.2 Å². The Bertz CT molecular complexity index is 1080. The fourth-order valence-corrected chi connectivity index (χ4v) is 6.18. The number of rotatable bonds is 5. The first-order valence-corrected chi connectivity index (χ1v) is 12.9. The molecule has 8 heteroatoms. The van der Waals surface area contributed by atoms with Crippen LogP contribution in [0, 0.1) is 5.92 Å². The highest BCUT2D eigenvalue weighted by Gasteiger charge is 2.31. The summed E-state index contributed by atoms with van der Waals surface area (Å²) >= 11 is 0. The molecule has 7 nitrogen and oxygen atoms in total. The van der Waals surface area contributed by atoms with Gasteiger partial charge in [0.25, 0.3) is 0 Å². The zero-order valence-corrected chi connectivity index (χ0v) is 18.6. The molecule has 0 radical (unpaired) electrons. The van der Waals surface area contributed by atoms with E-state index < -0.39 is 10.0 Å². The molecule has 0 spiro atoms. The van der Waals surface area contributed by atoms with Gasteiger partial charge in [-0.3, -0.25) is 4.79 Å². The number of amides is 1. The molecule has 2 aromatic rings. The van der Waals surface area contributed by atoms with Crippen LogP contribution in [0.4, 0.5) is 5.82 Å². The van der Waals surface area contributed by atoms with E-state index in [-0.39, 0.29) is 11.8 Å². The molecule has 1 aliphatic carbocycles. The Balaban J connectivity index is 1.34. The first kappa shape index (κ1) is 20.7. The second-order valence-electron chi connectivity index (χ2n) is 9.06. The highest BCUT2D eigenvalue weighted by molar-refractivity contribution is 7.89. The molecule has 1 unspecified atom stereocenters. The number of carbonyl (C=O) groups is 1. The van der Waals surface area contributed by atoms with Crippen LogP contribution in [0.2, 0.25) is 0 Å². The van der Waals surface area contributed by atoms with E-state index in [2.05, 4.69) is 10.2 Å². The van der Waals surface area contributed by atoms with E-state index in [1.807, 2.05) is 12.1 Å². The Morgan fingerprint density at radius 3 is 2.55 bits per heavy atom. The molecule has 1 aromatic heterocycles. The van der Waals surface area contributed by atoms with Crippen LogP contribution in [0.25, 0.3) is 10.9 Å². The van der Waals surface area contributed by atoms with Gasteiger partial charge in [0, 0.05) is 37.6 Å². The van der Waals surface area contributed by atoms with Crippen molar-refractivity contribution in [3.63, 3.8) is 0 Å². The molecule has 166 valence electrons. The van der Waals surface area contributed by atoms with Crippen LogP contribution >= 0.6 is 0 Å². The zero-order chi connectivity index (χ0) is 21.4. The minimum absolute atomic E-state index is 0.00362. The maximum atomic E-state index is 13.0. The lowest BCUT2D eigenvalue weighted by Gasteiger charge is -2.33. The van der Waals surface area contributed by atoms with Crippen molar-refractivity contribution in [2.75, 3.05) is 31.1 Å². The number of aromatic nitrogens is 1. The number of piperidine rings is 2. The Morgan fingerprint density at radius 2 is 1.77 bits per heavy atom. The standard InChI is InChI=1S/C23H30N4O3S/c28-23(24-19-7-8-19)18-5-4-12-26(16-18)22-11-6-17-15-20(9-10-21(17)25-22)31(29,30)27-13-2-1-3-14-27/h6,9-11,15,18-19H,1-5,7-8,12-14,16H2,(H,24,28). The molecule has 3 fully saturated rings. The molecule has 1 atom stereocenters. The number of sulfonamides is 1. The summed E-state index contributed by atoms with van der Waals surface area (Å²) in [6, 6.07) is 9.49. The van der Waals surface area contributed by atoms with Gasteiger partial charge in [-0.15, -0.1) is 0 Å². The number of hydrogen-bond acceptors (Lipinski definition) is 5. The van der Waals surface area contributed by atoms with Gasteiger partial charge in [-0.05, 0) is 68.9 Å². The zero-order valence-electron chi connectivity index (χ0n) is 17.8. The van der Waals surface area contributed by atoms with Crippen LogP contribution in [-0.4, -0.2) is 55.8 Å². The summed E-state index contributed by atoms with van der Waals surface area (Å²) in [6.45, 7) is 2.76. The Labute approximate surface area is 183 Å². The molecule has 2 aliphatic heterocycles. The molecule has 1 N–H and O–H groups in total. The number of pyridine rings is 1. The second kappa shape index (κ2) is 8.39. The summed E-state index contributed by atoms with van der Waals surface area (Å²) in [5, 5.41) is 3.95. The van der Waals surface area contributed by atoms with Crippen LogP contribution in [0.5, 0.6) is 0 Å².